The maximum Gasteiger partial charge on any atom is 0.338 e. The first-order chi connectivity index (χ1) is 23.3. The molecule has 10 heteroatoms. The van der Waals surface area contributed by atoms with Gasteiger partial charge in [-0.05, 0) is 91.6 Å². The Hall–Kier alpha value is -4.38. The summed E-state index contributed by atoms with van der Waals surface area (Å²) < 4.78 is 46.0. The Bertz CT molecular complexity index is 1790. The Kier molecular flexibility index (Phi) is 10.6. The minimum absolute atomic E-state index is 0.0160. The third-order valence-corrected chi connectivity index (χ3v) is 10.4. The van der Waals surface area contributed by atoms with Gasteiger partial charge in [0.1, 0.15) is 30.8 Å². The van der Waals surface area contributed by atoms with E-state index < -0.39 is 16.1 Å². The first-order valence-electron chi connectivity index (χ1n) is 16.5. The van der Waals surface area contributed by atoms with Gasteiger partial charge in [0.25, 0.3) is 10.0 Å². The Morgan fingerprint density at radius 3 is 2.48 bits per heavy atom. The van der Waals surface area contributed by atoms with Crippen molar-refractivity contribution in [2.75, 3.05) is 24.5 Å². The third kappa shape index (κ3) is 8.36. The van der Waals surface area contributed by atoms with Crippen molar-refractivity contribution in [1.29, 1.82) is 0 Å². The van der Waals surface area contributed by atoms with Crippen LogP contribution < -0.4 is 14.2 Å². The van der Waals surface area contributed by atoms with Gasteiger partial charge in [-0.2, -0.15) is 0 Å². The standard InChI is InChI=1S/C38H42N2O7S/c1-2-45-38(42)31-13-11-29(12-14-31)30-15-17-32(18-16-30)40(23-27-7-4-3-5-8-27)24-33(41)26-47-37-20-19-34-22-36(37)39-48(43,44)35-10-6-9-28(21-35)25-46-34/h3-14,19-22,30,32-33,39,41H,2,15-18,23-26H2,1H3/t30?,32?,33-/m0/s1. The molecule has 48 heavy (non-hydrogen) atoms. The predicted molar refractivity (Wildman–Crippen MR) is 184 cm³/mol. The summed E-state index contributed by atoms with van der Waals surface area (Å²) in [5.74, 6) is 0.922. The summed E-state index contributed by atoms with van der Waals surface area (Å²) >= 11 is 0. The van der Waals surface area contributed by atoms with E-state index in [1.54, 1.807) is 37.3 Å². The van der Waals surface area contributed by atoms with Gasteiger partial charge in [0.2, 0.25) is 0 Å². The summed E-state index contributed by atoms with van der Waals surface area (Å²) in [5.41, 5.74) is 3.97. The number of carbonyl (C=O) groups excluding carboxylic acids is 1. The van der Waals surface area contributed by atoms with Crippen molar-refractivity contribution in [2.45, 2.75) is 68.7 Å². The van der Waals surface area contributed by atoms with E-state index in [2.05, 4.69) is 21.8 Å². The Morgan fingerprint density at radius 1 is 0.958 bits per heavy atom. The number of carbonyl (C=O) groups is 1. The monoisotopic (exact) mass is 670 g/mol. The first-order valence-corrected chi connectivity index (χ1v) is 18.0. The van der Waals surface area contributed by atoms with E-state index in [9.17, 15) is 18.3 Å². The molecular weight excluding hydrogens is 628 g/mol. The van der Waals surface area contributed by atoms with Crippen LogP contribution in [0.5, 0.6) is 11.5 Å². The minimum Gasteiger partial charge on any atom is -0.489 e. The average molecular weight is 671 g/mol. The molecule has 4 aromatic carbocycles. The summed E-state index contributed by atoms with van der Waals surface area (Å²) in [7, 11) is -3.86. The fourth-order valence-electron chi connectivity index (χ4n) is 6.53. The van der Waals surface area contributed by atoms with Crippen LogP contribution in [-0.2, 0) is 27.9 Å². The normalized spacial score (nSPS) is 19.0. The highest BCUT2D eigenvalue weighted by Crippen LogP contribution is 2.36. The van der Waals surface area contributed by atoms with Gasteiger partial charge in [0, 0.05) is 25.2 Å². The predicted octanol–water partition coefficient (Wildman–Crippen LogP) is 6.52. The molecule has 4 aromatic rings. The lowest BCUT2D eigenvalue weighted by Crippen LogP contribution is -2.43. The molecule has 9 nitrogen and oxygen atoms in total. The van der Waals surface area contributed by atoms with E-state index in [0.29, 0.717) is 42.7 Å². The lowest BCUT2D eigenvalue weighted by molar-refractivity contribution is 0.0386. The second-order valence-corrected chi connectivity index (χ2v) is 14.1. The zero-order valence-electron chi connectivity index (χ0n) is 27.1. The Morgan fingerprint density at radius 2 is 1.73 bits per heavy atom. The lowest BCUT2D eigenvalue weighted by Gasteiger charge is -2.38. The van der Waals surface area contributed by atoms with E-state index in [1.807, 2.05) is 48.5 Å². The van der Waals surface area contributed by atoms with Gasteiger partial charge in [0.15, 0.2) is 0 Å². The zero-order chi connectivity index (χ0) is 33.5. The van der Waals surface area contributed by atoms with Gasteiger partial charge >= 0.3 is 5.97 Å². The second-order valence-electron chi connectivity index (χ2n) is 12.4. The molecule has 1 aliphatic carbocycles. The fourth-order valence-corrected chi connectivity index (χ4v) is 7.66. The molecule has 1 fully saturated rings. The third-order valence-electron chi connectivity index (χ3n) is 9.02. The molecule has 1 aliphatic heterocycles. The van der Waals surface area contributed by atoms with Crippen molar-refractivity contribution in [2.24, 2.45) is 0 Å². The molecule has 0 amide bonds. The highest BCUT2D eigenvalue weighted by Gasteiger charge is 2.29. The average Bonchev–Trinajstić information content (AvgIpc) is 3.10. The number of anilines is 1. The second kappa shape index (κ2) is 15.2. The largest absolute Gasteiger partial charge is 0.489 e. The molecule has 1 heterocycles. The molecule has 1 atom stereocenters. The summed E-state index contributed by atoms with van der Waals surface area (Å²) in [6, 6.07) is 29.9. The molecule has 2 N–H and O–H groups in total. The van der Waals surface area contributed by atoms with Crippen molar-refractivity contribution in [3.63, 3.8) is 0 Å². The van der Waals surface area contributed by atoms with E-state index in [-0.39, 0.29) is 35.8 Å². The van der Waals surface area contributed by atoms with Gasteiger partial charge in [-0.25, -0.2) is 13.2 Å². The summed E-state index contributed by atoms with van der Waals surface area (Å²) in [6.07, 6.45) is 3.13. The van der Waals surface area contributed by atoms with Crippen molar-refractivity contribution < 1.29 is 32.5 Å². The summed E-state index contributed by atoms with van der Waals surface area (Å²) in [5, 5.41) is 11.3. The molecule has 0 radical (unpaired) electrons. The Balaban J connectivity index is 1.11. The highest BCUT2D eigenvalue weighted by atomic mass is 32.2. The molecule has 6 rings (SSSR count). The molecule has 0 unspecified atom stereocenters. The number of benzene rings is 4. The van der Waals surface area contributed by atoms with E-state index in [1.165, 1.54) is 17.2 Å². The van der Waals surface area contributed by atoms with Crippen molar-refractivity contribution in [3.05, 3.63) is 119 Å². The van der Waals surface area contributed by atoms with Crippen LogP contribution in [0, 0.1) is 0 Å². The molecule has 4 bridgehead atoms. The number of esters is 1. The maximum absolute atomic E-state index is 13.2. The minimum atomic E-state index is -3.86. The smallest absolute Gasteiger partial charge is 0.338 e. The van der Waals surface area contributed by atoms with E-state index in [0.717, 1.165) is 31.2 Å². The highest BCUT2D eigenvalue weighted by molar-refractivity contribution is 7.92. The molecule has 1 saturated carbocycles. The van der Waals surface area contributed by atoms with Crippen molar-refractivity contribution in [3.8, 4) is 11.5 Å². The summed E-state index contributed by atoms with van der Waals surface area (Å²) in [6.45, 7) is 3.47. The number of sulfonamides is 1. The van der Waals surface area contributed by atoms with Crippen LogP contribution >= 0.6 is 0 Å². The van der Waals surface area contributed by atoms with E-state index >= 15 is 0 Å². The fraction of sp³-hybridized carbons (Fsp3) is 0.342. The lowest BCUT2D eigenvalue weighted by atomic mass is 9.81. The van der Waals surface area contributed by atoms with Gasteiger partial charge in [-0.1, -0.05) is 54.6 Å². The van der Waals surface area contributed by atoms with Gasteiger partial charge in [-0.3, -0.25) is 9.62 Å². The number of hydrogen-bond donors (Lipinski definition) is 2. The molecule has 0 saturated heterocycles. The Labute approximate surface area is 282 Å². The number of hydrogen-bond acceptors (Lipinski definition) is 8. The number of aliphatic hydroxyl groups excluding tert-OH is 1. The number of fused-ring (bicyclic) bond motifs is 4. The molecule has 0 aromatic heterocycles. The number of nitrogens with zero attached hydrogens (tertiary/aromatic N) is 1. The molecular formula is C38H42N2O7S. The molecule has 0 spiro atoms. The number of rotatable bonds is 11. The first kappa shape index (κ1) is 33.5. The quantitative estimate of drug-likeness (QED) is 0.173. The van der Waals surface area contributed by atoms with Crippen molar-refractivity contribution in [1.82, 2.24) is 4.90 Å². The molecule has 252 valence electrons. The molecule has 2 aliphatic rings. The van der Waals surface area contributed by atoms with Crippen LogP contribution in [0.2, 0.25) is 0 Å². The maximum atomic E-state index is 13.2. The van der Waals surface area contributed by atoms with Gasteiger partial charge in [0.05, 0.1) is 22.8 Å². The number of aliphatic hydroxyl groups is 1. The van der Waals surface area contributed by atoms with Crippen LogP contribution in [0.15, 0.2) is 102 Å². The zero-order valence-corrected chi connectivity index (χ0v) is 27.9. The number of nitrogens with one attached hydrogen (secondary N) is 1. The van der Waals surface area contributed by atoms with Crippen LogP contribution in [0.4, 0.5) is 5.69 Å². The SMILES string of the molecule is CCOC(=O)c1ccc(C2CCC(N(Cc3ccccc3)C[C@H](O)COc3ccc4cc3NS(=O)(=O)c3cccc(c3)CO4)CC2)cc1. The van der Waals surface area contributed by atoms with Gasteiger partial charge < -0.3 is 19.3 Å². The van der Waals surface area contributed by atoms with Crippen molar-refractivity contribution >= 4 is 21.7 Å². The summed E-state index contributed by atoms with van der Waals surface area (Å²) in [4.78, 5) is 14.6. The van der Waals surface area contributed by atoms with Crippen LogP contribution in [0.3, 0.4) is 0 Å². The van der Waals surface area contributed by atoms with Crippen LogP contribution in [0.1, 0.15) is 65.6 Å². The number of ether oxygens (including phenoxy) is 3. The topological polar surface area (TPSA) is 114 Å². The van der Waals surface area contributed by atoms with Crippen LogP contribution in [-0.4, -0.2) is 56.3 Å². The van der Waals surface area contributed by atoms with E-state index in [4.69, 9.17) is 14.2 Å². The van der Waals surface area contributed by atoms with Gasteiger partial charge in [-0.15, -0.1) is 0 Å². The van der Waals surface area contributed by atoms with Crippen LogP contribution in [0.25, 0.3) is 0 Å².